The second kappa shape index (κ2) is 14.5. The van der Waals surface area contributed by atoms with Gasteiger partial charge in [0.25, 0.3) is 0 Å². The topological polar surface area (TPSA) is 59.0 Å². The van der Waals surface area contributed by atoms with Gasteiger partial charge in [0.1, 0.15) is 33.7 Å². The summed E-state index contributed by atoms with van der Waals surface area (Å²) in [4.78, 5) is 4.58. The van der Waals surface area contributed by atoms with E-state index >= 15 is 0 Å². The Labute approximate surface area is 395 Å². The van der Waals surface area contributed by atoms with Crippen LogP contribution in [-0.4, -0.2) is 0 Å². The van der Waals surface area contributed by atoms with Crippen LogP contribution in [0.1, 0.15) is 18.2 Å². The van der Waals surface area contributed by atoms with E-state index in [-0.39, 0.29) is 0 Å². The molecule has 0 amide bonds. The summed E-state index contributed by atoms with van der Waals surface area (Å²) in [6.45, 7) is 2.24. The van der Waals surface area contributed by atoms with Gasteiger partial charge in [-0.3, -0.25) is 0 Å². The van der Waals surface area contributed by atoms with Gasteiger partial charge in [0.15, 0.2) is 11.2 Å². The summed E-state index contributed by atoms with van der Waals surface area (Å²) < 4.78 is 26.6. The van der Waals surface area contributed by atoms with Gasteiger partial charge in [-0.25, -0.2) is 0 Å². The van der Waals surface area contributed by atoms with Gasteiger partial charge in [0, 0.05) is 78.5 Å². The van der Waals surface area contributed by atoms with Crippen LogP contribution in [0.25, 0.3) is 104 Å². The molecule has 6 heteroatoms. The zero-order chi connectivity index (χ0) is 45.3. The molecule has 1 atom stereocenters. The Kier molecular flexibility index (Phi) is 8.01. The Balaban J connectivity index is 0.829. The second-order valence-electron chi connectivity index (χ2n) is 18.5. The molecule has 1 unspecified atom stereocenters. The van der Waals surface area contributed by atoms with E-state index < -0.39 is 0 Å². The average molecular weight is 889 g/mol. The van der Waals surface area contributed by atoms with E-state index in [9.17, 15) is 0 Å². The van der Waals surface area contributed by atoms with Crippen molar-refractivity contribution < 1.29 is 17.7 Å². The highest BCUT2D eigenvalue weighted by atomic mass is 16.3. The highest BCUT2D eigenvalue weighted by Crippen LogP contribution is 2.47. The average Bonchev–Trinajstić information content (AvgIpc) is 4.15. The number of hydrogen-bond acceptors (Lipinski definition) is 6. The molecule has 1 aliphatic carbocycles. The third-order valence-corrected chi connectivity index (χ3v) is 14.3. The van der Waals surface area contributed by atoms with Crippen molar-refractivity contribution in [2.45, 2.75) is 13.3 Å². The fraction of sp³-hybridized carbons (Fsp3) is 0.0476. The molecule has 0 saturated carbocycles. The third-order valence-electron chi connectivity index (χ3n) is 14.3. The maximum Gasteiger partial charge on any atom is 0.159 e. The molecule has 4 aromatic heterocycles. The summed E-state index contributed by atoms with van der Waals surface area (Å²) in [5.41, 5.74) is 13.2. The lowest BCUT2D eigenvalue weighted by atomic mass is 9.95. The van der Waals surface area contributed by atoms with Crippen LogP contribution in [-0.2, 0) is 6.42 Å². The highest BCUT2D eigenvalue weighted by molar-refractivity contribution is 6.19. The lowest BCUT2D eigenvalue weighted by Crippen LogP contribution is -2.10. The lowest BCUT2D eigenvalue weighted by Gasteiger charge is -2.25. The molecule has 6 nitrogen and oxygen atoms in total. The molecular weight excluding hydrogens is 849 g/mol. The zero-order valence-corrected chi connectivity index (χ0v) is 37.4. The molecule has 15 rings (SSSR count). The van der Waals surface area contributed by atoms with Crippen LogP contribution in [0, 0.1) is 5.92 Å². The highest BCUT2D eigenvalue weighted by Gasteiger charge is 2.25. The van der Waals surface area contributed by atoms with Crippen molar-refractivity contribution in [1.82, 2.24) is 0 Å². The summed E-state index contributed by atoms with van der Waals surface area (Å²) in [7, 11) is 0. The first-order chi connectivity index (χ1) is 34.1. The van der Waals surface area contributed by atoms with E-state index in [1.807, 2.05) is 18.2 Å². The Morgan fingerprint density at radius 1 is 0.362 bits per heavy atom. The number of hydrogen-bond donors (Lipinski definition) is 0. The molecule has 0 radical (unpaired) electrons. The number of furan rings is 4. The van der Waals surface area contributed by atoms with Gasteiger partial charge in [-0.05, 0) is 125 Å². The van der Waals surface area contributed by atoms with Crippen LogP contribution < -0.4 is 9.80 Å². The Bertz CT molecular complexity index is 4440. The van der Waals surface area contributed by atoms with E-state index in [0.717, 1.165) is 145 Å². The molecule has 0 saturated heterocycles. The molecule has 0 fully saturated rings. The minimum absolute atomic E-state index is 0.442. The first-order valence-electron chi connectivity index (χ1n) is 23.6. The van der Waals surface area contributed by atoms with Crippen LogP contribution in [0.5, 0.6) is 0 Å². The van der Waals surface area contributed by atoms with Gasteiger partial charge in [-0.1, -0.05) is 110 Å². The van der Waals surface area contributed by atoms with Crippen LogP contribution in [0.3, 0.4) is 0 Å². The maximum absolute atomic E-state index is 6.71. The fourth-order valence-electron chi connectivity index (χ4n) is 11.0. The molecule has 0 bridgehead atoms. The molecule has 0 spiro atoms. The van der Waals surface area contributed by atoms with Gasteiger partial charge < -0.3 is 27.5 Å². The normalized spacial score (nSPS) is 13.9. The summed E-state index contributed by atoms with van der Waals surface area (Å²) in [6.07, 6.45) is 5.40. The number of fused-ring (bicyclic) bond motifs is 14. The summed E-state index contributed by atoms with van der Waals surface area (Å²) in [5.74, 6) is 1.49. The standard InChI is InChI=1S/C63H40N2O4/c1-37-22-27-47-49-18-11-20-55(63(49)69-57(47)28-37)65(43-14-6-3-7-15-43)45-26-24-39-32-51-53-35-52-50-31-38-23-25-44(29-40(38)33-58(50)66-60(52)36-61(53)67-59(51)34-41(39)30-45)64(42-12-4-2-5-13-42)54-19-10-17-48-46-16-8-9-21-56(46)68-62(48)54/h2-27,29-37H,28H2,1H3. The molecule has 0 aliphatic heterocycles. The largest absolute Gasteiger partial charge is 0.458 e. The van der Waals surface area contributed by atoms with Gasteiger partial charge >= 0.3 is 0 Å². The van der Waals surface area contributed by atoms with E-state index in [2.05, 4.69) is 205 Å². The number of anilines is 6. The summed E-state index contributed by atoms with van der Waals surface area (Å²) >= 11 is 0. The van der Waals surface area contributed by atoms with E-state index in [0.29, 0.717) is 5.92 Å². The Hall–Kier alpha value is -9.00. The van der Waals surface area contributed by atoms with Crippen molar-refractivity contribution in [1.29, 1.82) is 0 Å². The molecule has 1 aliphatic rings. The molecule has 0 N–H and O–H groups in total. The Morgan fingerprint density at radius 2 is 0.884 bits per heavy atom. The van der Waals surface area contributed by atoms with E-state index in [4.69, 9.17) is 17.7 Å². The quantitative estimate of drug-likeness (QED) is 0.166. The van der Waals surface area contributed by atoms with Crippen LogP contribution in [0.15, 0.2) is 218 Å². The van der Waals surface area contributed by atoms with Crippen molar-refractivity contribution in [2.24, 2.45) is 5.92 Å². The first kappa shape index (κ1) is 38.1. The molecule has 14 aromatic rings. The van der Waals surface area contributed by atoms with E-state index in [1.54, 1.807) is 0 Å². The smallest absolute Gasteiger partial charge is 0.159 e. The predicted molar refractivity (Wildman–Crippen MR) is 284 cm³/mol. The van der Waals surface area contributed by atoms with Crippen molar-refractivity contribution in [3.63, 3.8) is 0 Å². The lowest BCUT2D eigenvalue weighted by molar-refractivity contribution is 0.513. The molecule has 10 aromatic carbocycles. The SMILES string of the molecule is CC1C=Cc2c(oc3c(N(c4ccccc4)c4ccc5cc6c(cc5c4)oc4cc5oc7cc8cc(N(c9ccccc9)c9cccc%10c9oc9ccccc9%10)ccc8cc7c5cc46)cccc23)C1. The van der Waals surface area contributed by atoms with Gasteiger partial charge in [0.2, 0.25) is 0 Å². The number of rotatable bonds is 6. The minimum atomic E-state index is 0.442. The molecule has 326 valence electrons. The predicted octanol–water partition coefficient (Wildman–Crippen LogP) is 18.6. The van der Waals surface area contributed by atoms with Crippen molar-refractivity contribution in [2.75, 3.05) is 9.80 Å². The molecule has 69 heavy (non-hydrogen) atoms. The summed E-state index contributed by atoms with van der Waals surface area (Å²) in [6, 6.07) is 68.6. The second-order valence-corrected chi connectivity index (χ2v) is 18.5. The fourth-order valence-corrected chi connectivity index (χ4v) is 11.0. The minimum Gasteiger partial charge on any atom is -0.458 e. The van der Waals surface area contributed by atoms with Crippen molar-refractivity contribution in [3.05, 3.63) is 212 Å². The third kappa shape index (κ3) is 5.85. The van der Waals surface area contributed by atoms with Crippen LogP contribution in [0.2, 0.25) is 0 Å². The van der Waals surface area contributed by atoms with Crippen LogP contribution in [0.4, 0.5) is 34.1 Å². The number of benzene rings is 10. The molecule has 4 heterocycles. The number of nitrogens with zero attached hydrogens (tertiary/aromatic N) is 2. The monoisotopic (exact) mass is 888 g/mol. The number of allylic oxidation sites excluding steroid dienone is 1. The van der Waals surface area contributed by atoms with E-state index in [1.165, 1.54) is 5.56 Å². The summed E-state index contributed by atoms with van der Waals surface area (Å²) in [5, 5.41) is 12.0. The first-order valence-corrected chi connectivity index (χ1v) is 23.6. The van der Waals surface area contributed by atoms with Crippen molar-refractivity contribution >= 4 is 139 Å². The van der Waals surface area contributed by atoms with Crippen LogP contribution >= 0.6 is 0 Å². The van der Waals surface area contributed by atoms with Gasteiger partial charge in [-0.15, -0.1) is 0 Å². The molecular formula is C63H40N2O4. The number of para-hydroxylation sites is 5. The van der Waals surface area contributed by atoms with Gasteiger partial charge in [0.05, 0.1) is 11.4 Å². The zero-order valence-electron chi connectivity index (χ0n) is 37.4. The Morgan fingerprint density at radius 3 is 1.51 bits per heavy atom. The van der Waals surface area contributed by atoms with Crippen molar-refractivity contribution in [3.8, 4) is 0 Å². The van der Waals surface area contributed by atoms with Gasteiger partial charge in [-0.2, -0.15) is 0 Å². The maximum atomic E-state index is 6.71.